The van der Waals surface area contributed by atoms with Crippen LogP contribution in [-0.4, -0.2) is 47.8 Å². The number of hydrogen-bond donors (Lipinski definition) is 2. The zero-order valence-electron chi connectivity index (χ0n) is 9.64. The van der Waals surface area contributed by atoms with E-state index in [2.05, 4.69) is 10.1 Å². The Labute approximate surface area is 96.2 Å². The molecule has 2 fully saturated rings. The number of morpholine rings is 1. The normalized spacial score (nSPS) is 30.5. The SMILES string of the molecule is N/C(=N\O)C1CN(C2CCCCC2)CCO1. The molecule has 0 aromatic carbocycles. The van der Waals surface area contributed by atoms with E-state index in [1.54, 1.807) is 0 Å². The number of nitrogens with two attached hydrogens (primary N) is 1. The van der Waals surface area contributed by atoms with Crippen LogP contribution in [-0.2, 0) is 4.74 Å². The molecule has 1 heterocycles. The Morgan fingerprint density at radius 3 is 2.75 bits per heavy atom. The van der Waals surface area contributed by atoms with Gasteiger partial charge in [-0.1, -0.05) is 24.4 Å². The molecule has 0 spiro atoms. The Morgan fingerprint density at radius 1 is 1.31 bits per heavy atom. The smallest absolute Gasteiger partial charge is 0.169 e. The van der Waals surface area contributed by atoms with Crippen molar-refractivity contribution >= 4 is 5.84 Å². The maximum absolute atomic E-state index is 8.65. The van der Waals surface area contributed by atoms with Gasteiger partial charge in [-0.05, 0) is 12.8 Å². The number of rotatable bonds is 2. The van der Waals surface area contributed by atoms with E-state index >= 15 is 0 Å². The van der Waals surface area contributed by atoms with Crippen molar-refractivity contribution < 1.29 is 9.94 Å². The lowest BCUT2D eigenvalue weighted by molar-refractivity contribution is -0.0194. The van der Waals surface area contributed by atoms with E-state index in [4.69, 9.17) is 15.7 Å². The first-order valence-electron chi connectivity index (χ1n) is 6.14. The first-order valence-corrected chi connectivity index (χ1v) is 6.14. The van der Waals surface area contributed by atoms with Crippen molar-refractivity contribution in [3.63, 3.8) is 0 Å². The lowest BCUT2D eigenvalue weighted by Crippen LogP contribution is -2.52. The summed E-state index contributed by atoms with van der Waals surface area (Å²) < 4.78 is 5.49. The van der Waals surface area contributed by atoms with Crippen LogP contribution in [0, 0.1) is 0 Å². The molecule has 0 aromatic heterocycles. The largest absolute Gasteiger partial charge is 0.409 e. The number of nitrogens with zero attached hydrogens (tertiary/aromatic N) is 2. The molecule has 5 nitrogen and oxygen atoms in total. The van der Waals surface area contributed by atoms with Gasteiger partial charge in [0.1, 0.15) is 6.10 Å². The average molecular weight is 227 g/mol. The summed E-state index contributed by atoms with van der Waals surface area (Å²) in [5, 5.41) is 11.7. The highest BCUT2D eigenvalue weighted by Crippen LogP contribution is 2.24. The van der Waals surface area contributed by atoms with Gasteiger partial charge in [0.2, 0.25) is 0 Å². The number of amidine groups is 1. The van der Waals surface area contributed by atoms with Gasteiger partial charge >= 0.3 is 0 Å². The third kappa shape index (κ3) is 2.65. The van der Waals surface area contributed by atoms with Gasteiger partial charge in [-0.3, -0.25) is 4.90 Å². The van der Waals surface area contributed by atoms with Crippen LogP contribution in [0.2, 0.25) is 0 Å². The summed E-state index contributed by atoms with van der Waals surface area (Å²) in [6.07, 6.45) is 6.35. The molecular weight excluding hydrogens is 206 g/mol. The summed E-state index contributed by atoms with van der Waals surface area (Å²) in [6, 6.07) is 0.673. The quantitative estimate of drug-likeness (QED) is 0.316. The van der Waals surface area contributed by atoms with Crippen molar-refractivity contribution in [2.45, 2.75) is 44.2 Å². The third-order valence-electron chi connectivity index (χ3n) is 3.63. The molecule has 3 N–H and O–H groups in total. The maximum Gasteiger partial charge on any atom is 0.169 e. The highest BCUT2D eigenvalue weighted by Gasteiger charge is 2.29. The summed E-state index contributed by atoms with van der Waals surface area (Å²) >= 11 is 0. The molecule has 1 aliphatic heterocycles. The second kappa shape index (κ2) is 5.50. The van der Waals surface area contributed by atoms with Crippen LogP contribution in [0.15, 0.2) is 5.16 Å². The Morgan fingerprint density at radius 2 is 2.06 bits per heavy atom. The van der Waals surface area contributed by atoms with E-state index in [0.717, 1.165) is 13.1 Å². The monoisotopic (exact) mass is 227 g/mol. The van der Waals surface area contributed by atoms with E-state index in [-0.39, 0.29) is 11.9 Å². The molecule has 1 aliphatic carbocycles. The van der Waals surface area contributed by atoms with Gasteiger partial charge in [0.05, 0.1) is 6.61 Å². The Balaban J connectivity index is 1.90. The minimum absolute atomic E-state index is 0.195. The molecular formula is C11H21N3O2. The van der Waals surface area contributed by atoms with Gasteiger partial charge in [0.15, 0.2) is 5.84 Å². The zero-order valence-corrected chi connectivity index (χ0v) is 9.64. The Kier molecular flexibility index (Phi) is 4.01. The molecule has 5 heteroatoms. The molecule has 2 rings (SSSR count). The predicted octanol–water partition coefficient (Wildman–Crippen LogP) is 0.766. The third-order valence-corrected chi connectivity index (χ3v) is 3.63. The molecule has 0 radical (unpaired) electrons. The van der Waals surface area contributed by atoms with Gasteiger partial charge in [-0.2, -0.15) is 0 Å². The van der Waals surface area contributed by atoms with Crippen LogP contribution < -0.4 is 5.73 Å². The van der Waals surface area contributed by atoms with Gasteiger partial charge in [0, 0.05) is 19.1 Å². The second-order valence-corrected chi connectivity index (χ2v) is 4.67. The van der Waals surface area contributed by atoms with Crippen molar-refractivity contribution in [2.24, 2.45) is 10.9 Å². The summed E-state index contributed by atoms with van der Waals surface area (Å²) in [4.78, 5) is 2.44. The average Bonchev–Trinajstić information content (AvgIpc) is 2.39. The molecule has 2 aliphatic rings. The number of oxime groups is 1. The fourth-order valence-electron chi connectivity index (χ4n) is 2.69. The minimum Gasteiger partial charge on any atom is -0.409 e. The van der Waals surface area contributed by atoms with Crippen LogP contribution in [0.25, 0.3) is 0 Å². The lowest BCUT2D eigenvalue weighted by Gasteiger charge is -2.39. The summed E-state index contributed by atoms with van der Waals surface area (Å²) in [6.45, 7) is 2.41. The topological polar surface area (TPSA) is 71.1 Å². The zero-order chi connectivity index (χ0) is 11.4. The first kappa shape index (κ1) is 11.7. The number of ether oxygens (including phenoxy) is 1. The Bertz CT molecular complexity index is 252. The van der Waals surface area contributed by atoms with Gasteiger partial charge in [-0.15, -0.1) is 0 Å². The molecule has 0 bridgehead atoms. The highest BCUT2D eigenvalue weighted by molar-refractivity contribution is 5.84. The highest BCUT2D eigenvalue weighted by atomic mass is 16.5. The van der Waals surface area contributed by atoms with Crippen molar-refractivity contribution in [2.75, 3.05) is 19.7 Å². The molecule has 1 saturated heterocycles. The fourth-order valence-corrected chi connectivity index (χ4v) is 2.69. The molecule has 0 aromatic rings. The predicted molar refractivity (Wildman–Crippen MR) is 61.6 cm³/mol. The maximum atomic E-state index is 8.65. The van der Waals surface area contributed by atoms with E-state index in [9.17, 15) is 0 Å². The second-order valence-electron chi connectivity index (χ2n) is 4.67. The van der Waals surface area contributed by atoms with Crippen LogP contribution in [0.5, 0.6) is 0 Å². The van der Waals surface area contributed by atoms with Crippen molar-refractivity contribution in [3.8, 4) is 0 Å². The fraction of sp³-hybridized carbons (Fsp3) is 0.909. The van der Waals surface area contributed by atoms with E-state index < -0.39 is 0 Å². The molecule has 1 unspecified atom stereocenters. The van der Waals surface area contributed by atoms with Gasteiger partial charge < -0.3 is 15.7 Å². The van der Waals surface area contributed by atoms with Crippen LogP contribution in [0.3, 0.4) is 0 Å². The molecule has 0 amide bonds. The minimum atomic E-state index is -0.235. The number of hydrogen-bond acceptors (Lipinski definition) is 4. The summed E-state index contributed by atoms with van der Waals surface area (Å²) in [5.74, 6) is 0.195. The first-order chi connectivity index (χ1) is 7.81. The summed E-state index contributed by atoms with van der Waals surface area (Å²) in [5.41, 5.74) is 5.59. The van der Waals surface area contributed by atoms with Crippen molar-refractivity contribution in [1.29, 1.82) is 0 Å². The van der Waals surface area contributed by atoms with E-state index in [0.29, 0.717) is 12.6 Å². The van der Waals surface area contributed by atoms with Gasteiger partial charge in [-0.25, -0.2) is 0 Å². The molecule has 16 heavy (non-hydrogen) atoms. The standard InChI is InChI=1S/C11H21N3O2/c12-11(13-15)10-8-14(6-7-16-10)9-4-2-1-3-5-9/h9-10,15H,1-8H2,(H2,12,13). The van der Waals surface area contributed by atoms with Crippen molar-refractivity contribution in [1.82, 2.24) is 4.90 Å². The Hall–Kier alpha value is -0.810. The van der Waals surface area contributed by atoms with E-state index in [1.807, 2.05) is 0 Å². The van der Waals surface area contributed by atoms with Gasteiger partial charge in [0.25, 0.3) is 0 Å². The van der Waals surface area contributed by atoms with Crippen LogP contribution in [0.4, 0.5) is 0 Å². The molecule has 1 atom stereocenters. The lowest BCUT2D eigenvalue weighted by atomic mass is 9.93. The van der Waals surface area contributed by atoms with Crippen LogP contribution in [0.1, 0.15) is 32.1 Å². The van der Waals surface area contributed by atoms with Crippen LogP contribution >= 0.6 is 0 Å². The molecule has 92 valence electrons. The summed E-state index contributed by atoms with van der Waals surface area (Å²) in [7, 11) is 0. The van der Waals surface area contributed by atoms with Crippen molar-refractivity contribution in [3.05, 3.63) is 0 Å². The molecule has 1 saturated carbocycles. The van der Waals surface area contributed by atoms with E-state index in [1.165, 1.54) is 32.1 Å².